The average Bonchev–Trinajstić information content (AvgIpc) is 3.43. The molecule has 0 aliphatic heterocycles. The SMILES string of the molecule is O=C(NC(c1ccccc1)c1ccccc1)c1csc(CN(Cc2ccc(F)cc2)Cc2ccc(Cl)cc2)n1. The van der Waals surface area contributed by atoms with Crippen molar-refractivity contribution < 1.29 is 9.18 Å². The normalized spacial score (nSPS) is 11.2. The van der Waals surface area contributed by atoms with Crippen LogP contribution in [0.4, 0.5) is 4.39 Å². The van der Waals surface area contributed by atoms with Gasteiger partial charge in [0.2, 0.25) is 0 Å². The lowest BCUT2D eigenvalue weighted by molar-refractivity contribution is 0.0938. The molecule has 0 radical (unpaired) electrons. The monoisotopic (exact) mass is 555 g/mol. The molecule has 4 aromatic carbocycles. The molecule has 1 amide bonds. The largest absolute Gasteiger partial charge is 0.340 e. The molecule has 0 aliphatic rings. The van der Waals surface area contributed by atoms with E-state index in [0.29, 0.717) is 30.4 Å². The van der Waals surface area contributed by atoms with Gasteiger partial charge in [0.25, 0.3) is 5.91 Å². The van der Waals surface area contributed by atoms with Gasteiger partial charge in [0, 0.05) is 23.5 Å². The Morgan fingerprint density at radius 1 is 0.795 bits per heavy atom. The van der Waals surface area contributed by atoms with Crippen LogP contribution >= 0.6 is 22.9 Å². The third-order valence-electron chi connectivity index (χ3n) is 6.32. The smallest absolute Gasteiger partial charge is 0.271 e. The van der Waals surface area contributed by atoms with Crippen LogP contribution in [0, 0.1) is 5.82 Å². The van der Waals surface area contributed by atoms with E-state index in [9.17, 15) is 9.18 Å². The van der Waals surface area contributed by atoms with E-state index < -0.39 is 0 Å². The van der Waals surface area contributed by atoms with E-state index in [-0.39, 0.29) is 17.8 Å². The van der Waals surface area contributed by atoms with Gasteiger partial charge in [0.05, 0.1) is 12.6 Å². The fourth-order valence-corrected chi connectivity index (χ4v) is 5.34. The molecule has 1 heterocycles. The maximum atomic E-state index is 13.5. The van der Waals surface area contributed by atoms with Gasteiger partial charge >= 0.3 is 0 Å². The second-order valence-electron chi connectivity index (χ2n) is 9.25. The number of benzene rings is 4. The van der Waals surface area contributed by atoms with Crippen molar-refractivity contribution >= 4 is 28.8 Å². The lowest BCUT2D eigenvalue weighted by Gasteiger charge is -2.22. The number of amides is 1. The van der Waals surface area contributed by atoms with Crippen molar-refractivity contribution in [3.63, 3.8) is 0 Å². The lowest BCUT2D eigenvalue weighted by Crippen LogP contribution is -2.29. The van der Waals surface area contributed by atoms with Crippen LogP contribution in [0.5, 0.6) is 0 Å². The first-order valence-electron chi connectivity index (χ1n) is 12.6. The number of hydrogen-bond donors (Lipinski definition) is 1. The number of halogens is 2. The van der Waals surface area contributed by atoms with Crippen LogP contribution < -0.4 is 5.32 Å². The summed E-state index contributed by atoms with van der Waals surface area (Å²) in [7, 11) is 0. The first-order chi connectivity index (χ1) is 19.0. The van der Waals surface area contributed by atoms with Crippen molar-refractivity contribution in [1.82, 2.24) is 15.2 Å². The van der Waals surface area contributed by atoms with Crippen LogP contribution in [0.15, 0.2) is 115 Å². The van der Waals surface area contributed by atoms with E-state index in [0.717, 1.165) is 27.3 Å². The molecule has 0 saturated carbocycles. The summed E-state index contributed by atoms with van der Waals surface area (Å²) in [6, 6.07) is 33.8. The van der Waals surface area contributed by atoms with Gasteiger partial charge < -0.3 is 5.32 Å². The average molecular weight is 556 g/mol. The standard InChI is InChI=1S/C32H27ClFN3OS/c33-27-15-11-23(12-16-27)19-37(20-24-13-17-28(34)18-14-24)21-30-35-29(22-39-30)32(38)36-31(25-7-3-1-4-8-25)26-9-5-2-6-10-26/h1-18,22,31H,19-21H2,(H,36,38). The summed E-state index contributed by atoms with van der Waals surface area (Å²) < 4.78 is 13.5. The predicted molar refractivity (Wildman–Crippen MR) is 155 cm³/mol. The molecule has 0 fully saturated rings. The van der Waals surface area contributed by atoms with Crippen molar-refractivity contribution in [2.75, 3.05) is 0 Å². The number of aromatic nitrogens is 1. The van der Waals surface area contributed by atoms with E-state index in [1.54, 1.807) is 17.5 Å². The fraction of sp³-hybridized carbons (Fsp3) is 0.125. The number of nitrogens with zero attached hydrogens (tertiary/aromatic N) is 2. The Morgan fingerprint density at radius 3 is 1.90 bits per heavy atom. The Balaban J connectivity index is 1.33. The summed E-state index contributed by atoms with van der Waals surface area (Å²) in [6.45, 7) is 1.80. The number of nitrogens with one attached hydrogen (secondary N) is 1. The highest BCUT2D eigenvalue weighted by molar-refractivity contribution is 7.09. The summed E-state index contributed by atoms with van der Waals surface area (Å²) in [5.74, 6) is -0.485. The lowest BCUT2D eigenvalue weighted by atomic mass is 9.98. The Hall–Kier alpha value is -3.84. The Kier molecular flexibility index (Phi) is 8.78. The van der Waals surface area contributed by atoms with Gasteiger partial charge in [-0.2, -0.15) is 0 Å². The van der Waals surface area contributed by atoms with Crippen LogP contribution in [-0.4, -0.2) is 15.8 Å². The molecule has 0 spiro atoms. The van der Waals surface area contributed by atoms with Gasteiger partial charge in [-0.1, -0.05) is 96.5 Å². The molecule has 0 aliphatic carbocycles. The van der Waals surface area contributed by atoms with Crippen LogP contribution in [0.2, 0.25) is 5.02 Å². The summed E-state index contributed by atoms with van der Waals surface area (Å²) >= 11 is 7.53. The van der Waals surface area contributed by atoms with Crippen LogP contribution in [0.1, 0.15) is 43.8 Å². The predicted octanol–water partition coefficient (Wildman–Crippen LogP) is 7.66. The third-order valence-corrected chi connectivity index (χ3v) is 7.41. The maximum Gasteiger partial charge on any atom is 0.271 e. The highest BCUT2D eigenvalue weighted by atomic mass is 35.5. The van der Waals surface area contributed by atoms with E-state index in [2.05, 4.69) is 15.2 Å². The fourth-order valence-electron chi connectivity index (χ4n) is 4.40. The van der Waals surface area contributed by atoms with Gasteiger partial charge in [0.15, 0.2) is 0 Å². The van der Waals surface area contributed by atoms with E-state index in [1.807, 2.05) is 84.9 Å². The molecule has 0 bridgehead atoms. The van der Waals surface area contributed by atoms with E-state index in [1.165, 1.54) is 23.5 Å². The molecule has 1 aromatic heterocycles. The molecular formula is C32H27ClFN3OS. The number of hydrogen-bond acceptors (Lipinski definition) is 4. The molecule has 196 valence electrons. The first kappa shape index (κ1) is 26.8. The van der Waals surface area contributed by atoms with Crippen molar-refractivity contribution in [2.24, 2.45) is 0 Å². The summed E-state index contributed by atoms with van der Waals surface area (Å²) in [6.07, 6.45) is 0. The Bertz CT molecular complexity index is 1410. The number of carbonyl (C=O) groups is 1. The number of carbonyl (C=O) groups excluding carboxylic acids is 1. The molecule has 5 aromatic rings. The zero-order chi connectivity index (χ0) is 27.0. The molecule has 0 unspecified atom stereocenters. The minimum Gasteiger partial charge on any atom is -0.340 e. The number of rotatable bonds is 10. The summed E-state index contributed by atoms with van der Waals surface area (Å²) in [5.41, 5.74) is 4.49. The Morgan fingerprint density at radius 2 is 1.33 bits per heavy atom. The molecule has 39 heavy (non-hydrogen) atoms. The molecule has 7 heteroatoms. The molecule has 1 N–H and O–H groups in total. The highest BCUT2D eigenvalue weighted by Gasteiger charge is 2.20. The molecular weight excluding hydrogens is 529 g/mol. The second-order valence-corrected chi connectivity index (χ2v) is 10.6. The number of thiazole rings is 1. The van der Waals surface area contributed by atoms with Gasteiger partial charge in [-0.15, -0.1) is 11.3 Å². The minimum absolute atomic E-state index is 0.224. The molecule has 5 rings (SSSR count). The van der Waals surface area contributed by atoms with Crippen LogP contribution in [0.25, 0.3) is 0 Å². The Labute approximate surface area is 236 Å². The zero-order valence-corrected chi connectivity index (χ0v) is 22.7. The van der Waals surface area contributed by atoms with Gasteiger partial charge in [-0.05, 0) is 46.5 Å². The van der Waals surface area contributed by atoms with E-state index >= 15 is 0 Å². The molecule has 4 nitrogen and oxygen atoms in total. The molecule has 0 saturated heterocycles. The van der Waals surface area contributed by atoms with Crippen molar-refractivity contribution in [3.05, 3.63) is 158 Å². The topological polar surface area (TPSA) is 45.2 Å². The first-order valence-corrected chi connectivity index (χ1v) is 13.9. The quantitative estimate of drug-likeness (QED) is 0.192. The highest BCUT2D eigenvalue weighted by Crippen LogP contribution is 2.23. The van der Waals surface area contributed by atoms with Gasteiger partial charge in [-0.3, -0.25) is 9.69 Å². The van der Waals surface area contributed by atoms with E-state index in [4.69, 9.17) is 11.6 Å². The third kappa shape index (κ3) is 7.39. The van der Waals surface area contributed by atoms with Gasteiger partial charge in [-0.25, -0.2) is 9.37 Å². The van der Waals surface area contributed by atoms with Crippen LogP contribution in [-0.2, 0) is 19.6 Å². The second kappa shape index (κ2) is 12.8. The zero-order valence-electron chi connectivity index (χ0n) is 21.1. The maximum absolute atomic E-state index is 13.5. The van der Waals surface area contributed by atoms with Crippen molar-refractivity contribution in [2.45, 2.75) is 25.7 Å². The minimum atomic E-state index is -0.287. The summed E-state index contributed by atoms with van der Waals surface area (Å²) in [5, 5.41) is 6.48. The van der Waals surface area contributed by atoms with Crippen molar-refractivity contribution in [3.8, 4) is 0 Å². The molecule has 0 atom stereocenters. The van der Waals surface area contributed by atoms with Gasteiger partial charge in [0.1, 0.15) is 16.5 Å². The van der Waals surface area contributed by atoms with Crippen LogP contribution in [0.3, 0.4) is 0 Å². The summed E-state index contributed by atoms with van der Waals surface area (Å²) in [4.78, 5) is 20.2. The van der Waals surface area contributed by atoms with Crippen molar-refractivity contribution in [1.29, 1.82) is 0 Å².